The van der Waals surface area contributed by atoms with Crippen molar-refractivity contribution in [3.8, 4) is 5.75 Å². The Morgan fingerprint density at radius 2 is 1.93 bits per heavy atom. The smallest absolute Gasteiger partial charge is 0.240 e. The Hall–Kier alpha value is -1.44. The maximum Gasteiger partial charge on any atom is 0.240 e. The van der Waals surface area contributed by atoms with Crippen LogP contribution >= 0.6 is 11.6 Å². The Balaban J connectivity index is 1.56. The number of hydrogen-bond acceptors (Lipinski definition) is 4. The lowest BCUT2D eigenvalue weighted by Gasteiger charge is -2.36. The van der Waals surface area contributed by atoms with E-state index in [1.165, 1.54) is 0 Å². The number of ether oxygens (including phenoxy) is 1. The molecule has 166 valence electrons. The number of carbonyl (C=O) groups excluding carboxylic acids is 1. The summed E-state index contributed by atoms with van der Waals surface area (Å²) in [7, 11) is -1.74. The standard InChI is InChI=1S/C22H32ClFN2O3Si/c1-13-9-18(27)25-26-21(13)16-7-8-17(19(23)20(16)24)28-11-14-10-15(14)12-29-30(5,6)22(2,3)4/h7-8,13-15H,9-12H2,1-6H3,(H,25,27)/t13?,14-,15-/m1/s1. The summed E-state index contributed by atoms with van der Waals surface area (Å²) in [5.74, 6) is 0.319. The Kier molecular flexibility index (Phi) is 6.65. The average Bonchev–Trinajstić information content (AvgIpc) is 3.40. The number of amides is 1. The number of rotatable bonds is 7. The molecule has 1 aromatic rings. The van der Waals surface area contributed by atoms with E-state index < -0.39 is 14.1 Å². The van der Waals surface area contributed by atoms with Crippen LogP contribution in [0, 0.1) is 23.6 Å². The van der Waals surface area contributed by atoms with Gasteiger partial charge in [0.05, 0.1) is 12.3 Å². The first-order chi connectivity index (χ1) is 13.9. The second-order valence-corrected chi connectivity index (χ2v) is 15.2. The van der Waals surface area contributed by atoms with E-state index in [1.807, 2.05) is 6.92 Å². The van der Waals surface area contributed by atoms with Crippen molar-refractivity contribution in [3.63, 3.8) is 0 Å². The maximum absolute atomic E-state index is 14.9. The Morgan fingerprint density at radius 3 is 2.57 bits per heavy atom. The second kappa shape index (κ2) is 8.59. The number of nitrogens with zero attached hydrogens (tertiary/aromatic N) is 1. The lowest BCUT2D eigenvalue weighted by molar-refractivity contribution is -0.121. The largest absolute Gasteiger partial charge is 0.492 e. The van der Waals surface area contributed by atoms with Gasteiger partial charge in [0.15, 0.2) is 14.1 Å². The fourth-order valence-electron chi connectivity index (χ4n) is 3.27. The molecule has 1 fully saturated rings. The van der Waals surface area contributed by atoms with Crippen LogP contribution in [0.1, 0.15) is 46.1 Å². The van der Waals surface area contributed by atoms with Gasteiger partial charge in [0, 0.05) is 24.5 Å². The molecule has 30 heavy (non-hydrogen) atoms. The van der Waals surface area contributed by atoms with Crippen molar-refractivity contribution in [1.29, 1.82) is 0 Å². The van der Waals surface area contributed by atoms with Crippen LogP contribution in [-0.4, -0.2) is 33.2 Å². The maximum atomic E-state index is 14.9. The molecule has 1 aromatic carbocycles. The van der Waals surface area contributed by atoms with Gasteiger partial charge in [-0.25, -0.2) is 9.82 Å². The molecule has 1 saturated carbocycles. The Morgan fingerprint density at radius 1 is 1.27 bits per heavy atom. The van der Waals surface area contributed by atoms with Gasteiger partial charge in [0.2, 0.25) is 5.91 Å². The number of hydrazone groups is 1. The summed E-state index contributed by atoms with van der Waals surface area (Å²) in [6, 6.07) is 3.30. The Bertz CT molecular complexity index is 854. The third-order valence-electron chi connectivity index (χ3n) is 6.57. The fraction of sp³-hybridized carbons (Fsp3) is 0.636. The van der Waals surface area contributed by atoms with Gasteiger partial charge in [-0.3, -0.25) is 4.79 Å². The zero-order valence-electron chi connectivity index (χ0n) is 18.6. The van der Waals surface area contributed by atoms with Crippen molar-refractivity contribution in [1.82, 2.24) is 5.43 Å². The number of benzene rings is 1. The van der Waals surface area contributed by atoms with Crippen molar-refractivity contribution in [3.05, 3.63) is 28.5 Å². The van der Waals surface area contributed by atoms with Crippen molar-refractivity contribution in [2.75, 3.05) is 13.2 Å². The molecule has 0 aromatic heterocycles. The number of hydrogen-bond donors (Lipinski definition) is 1. The SMILES string of the molecule is CC1CC(=O)NN=C1c1ccc(OC[C@H]2C[C@@H]2CO[Si](C)(C)C(C)(C)C)c(Cl)c1F. The second-order valence-electron chi connectivity index (χ2n) is 10.0. The molecule has 5 nitrogen and oxygen atoms in total. The molecule has 1 heterocycles. The molecule has 3 atom stereocenters. The molecule has 0 radical (unpaired) electrons. The number of halogens is 2. The van der Waals surface area contributed by atoms with Crippen molar-refractivity contribution in [2.24, 2.45) is 22.9 Å². The predicted molar refractivity (Wildman–Crippen MR) is 120 cm³/mol. The monoisotopic (exact) mass is 454 g/mol. The first kappa shape index (κ1) is 23.2. The van der Waals surface area contributed by atoms with Crippen LogP contribution < -0.4 is 10.2 Å². The van der Waals surface area contributed by atoms with E-state index in [-0.39, 0.29) is 28.3 Å². The predicted octanol–water partition coefficient (Wildman–Crippen LogP) is 5.38. The van der Waals surface area contributed by atoms with E-state index >= 15 is 0 Å². The summed E-state index contributed by atoms with van der Waals surface area (Å²) in [5, 5.41) is 4.16. The molecular weight excluding hydrogens is 423 g/mol. The van der Waals surface area contributed by atoms with E-state index in [1.54, 1.807) is 12.1 Å². The van der Waals surface area contributed by atoms with Crippen LogP contribution in [0.2, 0.25) is 23.2 Å². The van der Waals surface area contributed by atoms with Crippen molar-refractivity contribution < 1.29 is 18.3 Å². The highest BCUT2D eigenvalue weighted by Crippen LogP contribution is 2.43. The van der Waals surface area contributed by atoms with E-state index in [9.17, 15) is 9.18 Å². The molecule has 1 aliphatic heterocycles. The molecule has 1 unspecified atom stereocenters. The molecule has 2 aliphatic rings. The molecule has 0 spiro atoms. The molecular formula is C22H32ClFN2O3Si. The van der Waals surface area contributed by atoms with Gasteiger partial charge in [0.1, 0.15) is 10.8 Å². The lowest BCUT2D eigenvalue weighted by Crippen LogP contribution is -2.41. The number of nitrogens with one attached hydrogen (secondary N) is 1. The molecule has 3 rings (SSSR count). The summed E-state index contributed by atoms with van der Waals surface area (Å²) in [4.78, 5) is 11.4. The Labute approximate surface area is 184 Å². The first-order valence-electron chi connectivity index (χ1n) is 10.5. The normalized spacial score (nSPS) is 24.3. The molecule has 8 heteroatoms. The third-order valence-corrected chi connectivity index (χ3v) is 11.4. The summed E-state index contributed by atoms with van der Waals surface area (Å²) in [6.45, 7) is 14.3. The number of carbonyl (C=O) groups is 1. The van der Waals surface area contributed by atoms with Gasteiger partial charge in [-0.2, -0.15) is 5.10 Å². The van der Waals surface area contributed by atoms with Gasteiger partial charge < -0.3 is 9.16 Å². The van der Waals surface area contributed by atoms with Crippen LogP contribution in [-0.2, 0) is 9.22 Å². The highest BCUT2D eigenvalue weighted by Gasteiger charge is 2.42. The van der Waals surface area contributed by atoms with Gasteiger partial charge in [-0.15, -0.1) is 0 Å². The minimum absolute atomic E-state index is 0.0472. The summed E-state index contributed by atoms with van der Waals surface area (Å²) in [6.07, 6.45) is 1.33. The van der Waals surface area contributed by atoms with E-state index in [0.29, 0.717) is 35.5 Å². The highest BCUT2D eigenvalue weighted by atomic mass is 35.5. The molecule has 1 amide bonds. The van der Waals surface area contributed by atoms with Gasteiger partial charge in [-0.1, -0.05) is 39.3 Å². The molecule has 1 aliphatic carbocycles. The van der Waals surface area contributed by atoms with Crippen LogP contribution in [0.4, 0.5) is 4.39 Å². The van der Waals surface area contributed by atoms with Crippen molar-refractivity contribution >= 4 is 31.5 Å². The van der Waals surface area contributed by atoms with Gasteiger partial charge in [-0.05, 0) is 48.5 Å². The fourth-order valence-corrected chi connectivity index (χ4v) is 4.55. The van der Waals surface area contributed by atoms with Gasteiger partial charge >= 0.3 is 0 Å². The minimum atomic E-state index is -1.74. The quantitative estimate of drug-likeness (QED) is 0.563. The van der Waals surface area contributed by atoms with E-state index in [0.717, 1.165) is 13.0 Å². The van der Waals surface area contributed by atoms with Gasteiger partial charge in [0.25, 0.3) is 0 Å². The molecule has 0 saturated heterocycles. The summed E-state index contributed by atoms with van der Waals surface area (Å²) >= 11 is 6.24. The zero-order chi connectivity index (χ0) is 22.3. The van der Waals surface area contributed by atoms with Crippen LogP contribution in [0.3, 0.4) is 0 Å². The van der Waals surface area contributed by atoms with E-state index in [4.69, 9.17) is 20.8 Å². The van der Waals surface area contributed by atoms with Crippen LogP contribution in [0.5, 0.6) is 5.75 Å². The zero-order valence-corrected chi connectivity index (χ0v) is 20.4. The summed E-state index contributed by atoms with van der Waals surface area (Å²) in [5.41, 5.74) is 3.20. The third kappa shape index (κ3) is 5.06. The van der Waals surface area contributed by atoms with E-state index in [2.05, 4.69) is 44.4 Å². The summed E-state index contributed by atoms with van der Waals surface area (Å²) < 4.78 is 27.0. The lowest BCUT2D eigenvalue weighted by atomic mass is 9.94. The molecule has 1 N–H and O–H groups in total. The first-order valence-corrected chi connectivity index (χ1v) is 13.8. The minimum Gasteiger partial charge on any atom is -0.492 e. The topological polar surface area (TPSA) is 59.9 Å². The van der Waals surface area contributed by atoms with Crippen molar-refractivity contribution in [2.45, 2.75) is 58.7 Å². The van der Waals surface area contributed by atoms with Crippen LogP contribution in [0.15, 0.2) is 17.2 Å². The molecule has 0 bridgehead atoms. The van der Waals surface area contributed by atoms with Crippen LogP contribution in [0.25, 0.3) is 0 Å². The highest BCUT2D eigenvalue weighted by molar-refractivity contribution is 6.74. The average molecular weight is 455 g/mol.